The van der Waals surface area contributed by atoms with Gasteiger partial charge in [0.05, 0.1) is 6.61 Å². The van der Waals surface area contributed by atoms with E-state index < -0.39 is 0 Å². The van der Waals surface area contributed by atoms with E-state index >= 15 is 0 Å². The van der Waals surface area contributed by atoms with Gasteiger partial charge < -0.3 is 4.74 Å². The second-order valence-electron chi connectivity index (χ2n) is 8.36. The number of aryl methyl sites for hydroxylation is 1. The second-order valence-corrected chi connectivity index (χ2v) is 9.14. The highest BCUT2D eigenvalue weighted by molar-refractivity contribution is 7.07. The summed E-state index contributed by atoms with van der Waals surface area (Å²) in [5.74, 6) is 6.39. The third kappa shape index (κ3) is 10.5. The zero-order valence-corrected chi connectivity index (χ0v) is 19.2. The Hall–Kier alpha value is -1.86. The van der Waals surface area contributed by atoms with Crippen molar-refractivity contribution in [2.75, 3.05) is 19.7 Å². The monoisotopic (exact) mass is 409 g/mol. The number of rotatable bonds is 11. The third-order valence-electron chi connectivity index (χ3n) is 4.46. The number of hydrogen-bond donors (Lipinski definition) is 0. The van der Waals surface area contributed by atoms with Crippen molar-refractivity contribution in [2.45, 2.75) is 53.7 Å². The average molecular weight is 410 g/mol. The number of thiophene rings is 1. The van der Waals surface area contributed by atoms with Crippen LogP contribution < -0.4 is 0 Å². The summed E-state index contributed by atoms with van der Waals surface area (Å²) in [6, 6.07) is 11.0. The molecule has 0 spiro atoms. The molecule has 0 fully saturated rings. The first-order valence-corrected chi connectivity index (χ1v) is 11.5. The van der Waals surface area contributed by atoms with Gasteiger partial charge in [-0.25, -0.2) is 0 Å². The van der Waals surface area contributed by atoms with E-state index in [0.29, 0.717) is 6.61 Å². The number of allylic oxidation sites excluding steroid dienone is 1. The number of nitrogens with zero attached hydrogens (tertiary/aromatic N) is 1. The second kappa shape index (κ2) is 12.6. The van der Waals surface area contributed by atoms with Gasteiger partial charge in [-0.15, -0.1) is 0 Å². The first-order chi connectivity index (χ1) is 14.0. The largest absolute Gasteiger partial charge is 0.377 e. The molecule has 0 unspecified atom stereocenters. The van der Waals surface area contributed by atoms with Crippen molar-refractivity contribution in [2.24, 2.45) is 5.41 Å². The van der Waals surface area contributed by atoms with Gasteiger partial charge in [0.2, 0.25) is 0 Å². The van der Waals surface area contributed by atoms with Gasteiger partial charge in [0.25, 0.3) is 0 Å². The Bertz CT molecular complexity index is 790. The zero-order valence-electron chi connectivity index (χ0n) is 18.4. The van der Waals surface area contributed by atoms with E-state index in [1.165, 1.54) is 16.7 Å². The quantitative estimate of drug-likeness (QED) is 0.318. The number of ether oxygens (including phenoxy) is 1. The SMILES string of the molecule is CCN(CC=CC#CC(C)(C)C)Cc1cccc(COCCCc2ccsc2)c1. The van der Waals surface area contributed by atoms with E-state index in [0.717, 1.165) is 39.1 Å². The summed E-state index contributed by atoms with van der Waals surface area (Å²) in [5, 5.41) is 4.35. The molecule has 2 nitrogen and oxygen atoms in total. The van der Waals surface area contributed by atoms with E-state index in [1.54, 1.807) is 11.3 Å². The molecule has 0 aliphatic rings. The third-order valence-corrected chi connectivity index (χ3v) is 5.19. The van der Waals surface area contributed by atoms with Crippen molar-refractivity contribution >= 4 is 11.3 Å². The van der Waals surface area contributed by atoms with Gasteiger partial charge in [0.1, 0.15) is 0 Å². The molecule has 0 N–H and O–H groups in total. The predicted molar refractivity (Wildman–Crippen MR) is 126 cm³/mol. The maximum absolute atomic E-state index is 5.89. The van der Waals surface area contributed by atoms with Gasteiger partial charge in [-0.2, -0.15) is 11.3 Å². The van der Waals surface area contributed by atoms with Gasteiger partial charge in [-0.05, 0) is 79.8 Å². The van der Waals surface area contributed by atoms with E-state index in [1.807, 2.05) is 6.08 Å². The fraction of sp³-hybridized carbons (Fsp3) is 0.462. The van der Waals surface area contributed by atoms with Gasteiger partial charge in [-0.1, -0.05) is 49.1 Å². The molecular weight excluding hydrogens is 374 g/mol. The first kappa shape index (κ1) is 23.4. The molecule has 0 aliphatic heterocycles. The van der Waals surface area contributed by atoms with Crippen molar-refractivity contribution in [3.8, 4) is 11.8 Å². The van der Waals surface area contributed by atoms with Gasteiger partial charge >= 0.3 is 0 Å². The van der Waals surface area contributed by atoms with Gasteiger partial charge in [0.15, 0.2) is 0 Å². The number of benzene rings is 1. The number of likely N-dealkylation sites (N-methyl/N-ethyl adjacent to an activating group) is 1. The first-order valence-electron chi connectivity index (χ1n) is 10.5. The molecule has 0 radical (unpaired) electrons. The molecule has 1 heterocycles. The van der Waals surface area contributed by atoms with Crippen LogP contribution in [-0.4, -0.2) is 24.6 Å². The average Bonchev–Trinajstić information content (AvgIpc) is 3.19. The summed E-state index contributed by atoms with van der Waals surface area (Å²) in [6.07, 6.45) is 6.31. The van der Waals surface area contributed by atoms with Crippen LogP contribution in [0, 0.1) is 17.3 Å². The molecule has 0 amide bonds. The maximum atomic E-state index is 5.89. The van der Waals surface area contributed by atoms with Crippen LogP contribution in [0.1, 0.15) is 50.8 Å². The molecular formula is C26H35NOS. The van der Waals surface area contributed by atoms with Gasteiger partial charge in [-0.3, -0.25) is 4.90 Å². The van der Waals surface area contributed by atoms with Crippen LogP contribution in [0.3, 0.4) is 0 Å². The van der Waals surface area contributed by atoms with Crippen LogP contribution in [0.15, 0.2) is 53.2 Å². The van der Waals surface area contributed by atoms with E-state index in [-0.39, 0.29) is 5.41 Å². The Morgan fingerprint density at radius 3 is 2.69 bits per heavy atom. The molecule has 0 bridgehead atoms. The molecule has 0 atom stereocenters. The molecule has 0 saturated carbocycles. The lowest BCUT2D eigenvalue weighted by Gasteiger charge is -2.19. The van der Waals surface area contributed by atoms with Crippen LogP contribution in [0.2, 0.25) is 0 Å². The fourth-order valence-corrected chi connectivity index (χ4v) is 3.61. The van der Waals surface area contributed by atoms with E-state index in [9.17, 15) is 0 Å². The Labute approximate surface area is 181 Å². The van der Waals surface area contributed by atoms with Crippen LogP contribution in [0.25, 0.3) is 0 Å². The summed E-state index contributed by atoms with van der Waals surface area (Å²) in [5.41, 5.74) is 4.06. The summed E-state index contributed by atoms with van der Waals surface area (Å²) in [7, 11) is 0. The highest BCUT2D eigenvalue weighted by atomic mass is 32.1. The summed E-state index contributed by atoms with van der Waals surface area (Å²) >= 11 is 1.76. The highest BCUT2D eigenvalue weighted by Crippen LogP contribution is 2.12. The molecule has 29 heavy (non-hydrogen) atoms. The lowest BCUT2D eigenvalue weighted by atomic mass is 9.98. The standard InChI is InChI=1S/C26H35NOS/c1-5-27(16-8-6-7-15-26(2,3)4)20-24-11-9-12-25(19-24)21-28-17-10-13-23-14-18-29-22-23/h6,8-9,11-12,14,18-19,22H,5,10,13,16-17,20-21H2,1-4H3. The normalized spacial score (nSPS) is 11.8. The van der Waals surface area contributed by atoms with Crippen molar-refractivity contribution in [1.82, 2.24) is 4.90 Å². The minimum absolute atomic E-state index is 0.0567. The molecule has 2 aromatic rings. The molecule has 156 valence electrons. The highest BCUT2D eigenvalue weighted by Gasteiger charge is 2.04. The van der Waals surface area contributed by atoms with Gasteiger partial charge in [0, 0.05) is 25.1 Å². The maximum Gasteiger partial charge on any atom is 0.0716 e. The van der Waals surface area contributed by atoms with Crippen LogP contribution in [0.5, 0.6) is 0 Å². The smallest absolute Gasteiger partial charge is 0.0716 e. The summed E-state index contributed by atoms with van der Waals surface area (Å²) in [6.45, 7) is 13.0. The minimum atomic E-state index is 0.0567. The van der Waals surface area contributed by atoms with E-state index in [2.05, 4.69) is 91.6 Å². The van der Waals surface area contributed by atoms with Crippen LogP contribution in [-0.2, 0) is 24.3 Å². The minimum Gasteiger partial charge on any atom is -0.377 e. The van der Waals surface area contributed by atoms with Crippen LogP contribution >= 0.6 is 11.3 Å². The molecule has 1 aromatic heterocycles. The fourth-order valence-electron chi connectivity index (χ4n) is 2.90. The Balaban J connectivity index is 1.74. The van der Waals surface area contributed by atoms with Crippen molar-refractivity contribution in [3.05, 3.63) is 69.9 Å². The van der Waals surface area contributed by atoms with Crippen molar-refractivity contribution in [3.63, 3.8) is 0 Å². The lowest BCUT2D eigenvalue weighted by molar-refractivity contribution is 0.118. The molecule has 3 heteroatoms. The molecule has 1 aromatic carbocycles. The lowest BCUT2D eigenvalue weighted by Crippen LogP contribution is -2.22. The topological polar surface area (TPSA) is 12.5 Å². The van der Waals surface area contributed by atoms with Crippen LogP contribution in [0.4, 0.5) is 0 Å². The molecule has 0 saturated heterocycles. The van der Waals surface area contributed by atoms with E-state index in [4.69, 9.17) is 4.74 Å². The van der Waals surface area contributed by atoms with Crippen molar-refractivity contribution < 1.29 is 4.74 Å². The summed E-state index contributed by atoms with van der Waals surface area (Å²) in [4.78, 5) is 2.41. The zero-order chi connectivity index (χ0) is 21.0. The number of hydrogen-bond acceptors (Lipinski definition) is 3. The Morgan fingerprint density at radius 2 is 1.97 bits per heavy atom. The molecule has 2 rings (SSSR count). The summed E-state index contributed by atoms with van der Waals surface area (Å²) < 4.78 is 5.89. The Morgan fingerprint density at radius 1 is 1.14 bits per heavy atom. The van der Waals surface area contributed by atoms with Crippen molar-refractivity contribution in [1.29, 1.82) is 0 Å². The molecule has 0 aliphatic carbocycles. The Kier molecular flexibility index (Phi) is 10.2. The predicted octanol–water partition coefficient (Wildman–Crippen LogP) is 6.33.